The largest absolute Gasteiger partial charge is 0.461 e. The molecule has 0 N–H and O–H groups in total. The van der Waals surface area contributed by atoms with Crippen LogP contribution in [0.15, 0.2) is 47.0 Å². The zero-order valence-electron chi connectivity index (χ0n) is 17.5. The highest BCUT2D eigenvalue weighted by atomic mass is 79.9. The first-order valence-corrected chi connectivity index (χ1v) is 13.8. The van der Waals surface area contributed by atoms with Crippen molar-refractivity contribution >= 4 is 60.2 Å². The molecular weight excluding hydrogens is 552 g/mol. The lowest BCUT2D eigenvalue weighted by Crippen LogP contribution is -2.19. The molecule has 8 nitrogen and oxygen atoms in total. The molecule has 1 aliphatic carbocycles. The van der Waals surface area contributed by atoms with Crippen molar-refractivity contribution in [3.8, 4) is 16.4 Å². The van der Waals surface area contributed by atoms with Gasteiger partial charge < -0.3 is 4.74 Å². The van der Waals surface area contributed by atoms with Crippen molar-refractivity contribution in [1.82, 2.24) is 20.0 Å². The van der Waals surface area contributed by atoms with Gasteiger partial charge in [0.2, 0.25) is 0 Å². The molecule has 12 heteroatoms. The molecule has 1 atom stereocenters. The Hall–Kier alpha value is -2.34. The van der Waals surface area contributed by atoms with Crippen LogP contribution in [-0.2, 0) is 14.6 Å². The van der Waals surface area contributed by atoms with Crippen molar-refractivity contribution in [2.24, 2.45) is 0 Å². The summed E-state index contributed by atoms with van der Waals surface area (Å²) in [5, 5.41) is 13.9. The van der Waals surface area contributed by atoms with Crippen LogP contribution in [0.5, 0.6) is 0 Å². The number of aromatic nitrogens is 4. The Morgan fingerprint density at radius 2 is 2.03 bits per heavy atom. The van der Waals surface area contributed by atoms with Gasteiger partial charge in [-0.15, -0.1) is 10.2 Å². The molecule has 0 fully saturated rings. The SMILES string of the molecule is CCOC(=O)c1nn(-c2ccccc2Cl)c(-c2nnc(C3=CC=CC(S(C)(=O)=O)C3)s2)c1Br. The number of sulfone groups is 1. The fourth-order valence-electron chi connectivity index (χ4n) is 3.26. The number of rotatable bonds is 6. The minimum Gasteiger partial charge on any atom is -0.461 e. The molecule has 0 saturated heterocycles. The molecule has 1 unspecified atom stereocenters. The smallest absolute Gasteiger partial charge is 0.360 e. The highest BCUT2D eigenvalue weighted by Gasteiger charge is 2.29. The standard InChI is InChI=1S/C21H18BrClN4O4S2/c1-3-31-21(28)17-16(22)18(27(26-17)15-10-5-4-9-14(15)23)20-25-24-19(32-20)12-7-6-8-13(11-12)33(2,29)30/h4-10,13H,3,11H2,1-2H3. The van der Waals surface area contributed by atoms with Crippen LogP contribution in [0, 0.1) is 0 Å². The Bertz CT molecular complexity index is 1390. The van der Waals surface area contributed by atoms with E-state index >= 15 is 0 Å². The molecule has 4 rings (SSSR count). The molecule has 0 spiro atoms. The van der Waals surface area contributed by atoms with Crippen LogP contribution in [0.4, 0.5) is 0 Å². The van der Waals surface area contributed by atoms with E-state index in [1.165, 1.54) is 22.3 Å². The average molecular weight is 570 g/mol. The Labute approximate surface area is 208 Å². The molecule has 0 amide bonds. The van der Waals surface area contributed by atoms with Crippen LogP contribution in [-0.4, -0.2) is 52.5 Å². The van der Waals surface area contributed by atoms with E-state index < -0.39 is 21.1 Å². The van der Waals surface area contributed by atoms with Crippen LogP contribution >= 0.6 is 38.9 Å². The maximum absolute atomic E-state index is 12.5. The van der Waals surface area contributed by atoms with Crippen LogP contribution in [0.3, 0.4) is 0 Å². The third-order valence-electron chi connectivity index (χ3n) is 4.87. The zero-order chi connectivity index (χ0) is 23.8. The molecule has 2 heterocycles. The summed E-state index contributed by atoms with van der Waals surface area (Å²) in [6.07, 6.45) is 6.73. The van der Waals surface area contributed by atoms with Crippen molar-refractivity contribution < 1.29 is 17.9 Å². The van der Waals surface area contributed by atoms with Crippen LogP contribution < -0.4 is 0 Å². The second-order valence-corrected chi connectivity index (χ2v) is 11.6. The number of benzene rings is 1. The number of halogens is 2. The number of hydrogen-bond acceptors (Lipinski definition) is 8. The van der Waals surface area contributed by atoms with E-state index in [2.05, 4.69) is 31.2 Å². The summed E-state index contributed by atoms with van der Waals surface area (Å²) in [6.45, 7) is 1.91. The van der Waals surface area contributed by atoms with Gasteiger partial charge in [0.1, 0.15) is 10.7 Å². The van der Waals surface area contributed by atoms with Gasteiger partial charge in [0.15, 0.2) is 20.5 Å². The first kappa shape index (κ1) is 23.8. The number of allylic oxidation sites excluding steroid dienone is 3. The number of hydrogen-bond donors (Lipinski definition) is 0. The summed E-state index contributed by atoms with van der Waals surface area (Å²) in [4.78, 5) is 12.5. The van der Waals surface area contributed by atoms with Crippen molar-refractivity contribution in [3.05, 3.63) is 62.7 Å². The second kappa shape index (κ2) is 9.49. The number of nitrogens with zero attached hydrogens (tertiary/aromatic N) is 4. The van der Waals surface area contributed by atoms with Gasteiger partial charge in [-0.25, -0.2) is 17.9 Å². The highest BCUT2D eigenvalue weighted by Crippen LogP contribution is 2.39. The minimum absolute atomic E-state index is 0.0838. The van der Waals surface area contributed by atoms with Gasteiger partial charge >= 0.3 is 5.97 Å². The van der Waals surface area contributed by atoms with Gasteiger partial charge in [0.25, 0.3) is 0 Å². The number of esters is 1. The minimum atomic E-state index is -3.24. The van der Waals surface area contributed by atoms with E-state index in [1.54, 1.807) is 43.3 Å². The van der Waals surface area contributed by atoms with Crippen LogP contribution in [0.2, 0.25) is 5.02 Å². The lowest BCUT2D eigenvalue weighted by Gasteiger charge is -2.14. The van der Waals surface area contributed by atoms with E-state index in [1.807, 2.05) is 6.08 Å². The summed E-state index contributed by atoms with van der Waals surface area (Å²) < 4.78 is 31.1. The van der Waals surface area contributed by atoms with Crippen LogP contribution in [0.1, 0.15) is 28.8 Å². The number of carbonyl (C=O) groups is 1. The Morgan fingerprint density at radius 3 is 2.73 bits per heavy atom. The summed E-state index contributed by atoms with van der Waals surface area (Å²) in [5.74, 6) is -0.586. The van der Waals surface area contributed by atoms with Gasteiger partial charge in [0, 0.05) is 6.26 Å². The molecule has 1 aromatic carbocycles. The molecule has 0 radical (unpaired) electrons. The molecule has 0 aliphatic heterocycles. The van der Waals surface area contributed by atoms with Gasteiger partial charge in [-0.2, -0.15) is 5.10 Å². The summed E-state index contributed by atoms with van der Waals surface area (Å²) >= 11 is 11.2. The maximum atomic E-state index is 12.5. The highest BCUT2D eigenvalue weighted by molar-refractivity contribution is 9.10. The Balaban J connectivity index is 1.81. The number of carbonyl (C=O) groups excluding carboxylic acids is 1. The molecule has 2 aromatic heterocycles. The third-order valence-corrected chi connectivity index (χ3v) is 8.37. The van der Waals surface area contributed by atoms with Gasteiger partial charge in [0.05, 0.1) is 27.0 Å². The van der Waals surface area contributed by atoms with Gasteiger partial charge in [-0.3, -0.25) is 0 Å². The first-order chi connectivity index (χ1) is 15.7. The maximum Gasteiger partial charge on any atom is 0.360 e. The molecular formula is C21H18BrClN4O4S2. The predicted molar refractivity (Wildman–Crippen MR) is 131 cm³/mol. The van der Waals surface area contributed by atoms with E-state index in [9.17, 15) is 13.2 Å². The fourth-order valence-corrected chi connectivity index (χ4v) is 5.98. The summed E-state index contributed by atoms with van der Waals surface area (Å²) in [5.41, 5.74) is 1.89. The number of ether oxygens (including phenoxy) is 1. The zero-order valence-corrected chi connectivity index (χ0v) is 21.5. The van der Waals surface area contributed by atoms with Crippen LogP contribution in [0.25, 0.3) is 22.0 Å². The Morgan fingerprint density at radius 1 is 1.30 bits per heavy atom. The van der Waals surface area contributed by atoms with Crippen molar-refractivity contribution in [1.29, 1.82) is 0 Å². The van der Waals surface area contributed by atoms with Crippen molar-refractivity contribution in [2.75, 3.05) is 12.9 Å². The number of para-hydroxylation sites is 1. The molecule has 172 valence electrons. The monoisotopic (exact) mass is 568 g/mol. The molecule has 1 aliphatic rings. The molecule has 3 aromatic rings. The van der Waals surface area contributed by atoms with Gasteiger partial charge in [-0.05, 0) is 47.0 Å². The normalized spacial score (nSPS) is 16.0. The second-order valence-electron chi connectivity index (χ2n) is 7.16. The van der Waals surface area contributed by atoms with E-state index in [4.69, 9.17) is 16.3 Å². The summed E-state index contributed by atoms with van der Waals surface area (Å²) in [7, 11) is -3.24. The lowest BCUT2D eigenvalue weighted by atomic mass is 10.1. The quantitative estimate of drug-likeness (QED) is 0.395. The predicted octanol–water partition coefficient (Wildman–Crippen LogP) is 4.74. The lowest BCUT2D eigenvalue weighted by molar-refractivity contribution is 0.0518. The van der Waals surface area contributed by atoms with E-state index in [0.717, 1.165) is 5.57 Å². The molecule has 0 saturated carbocycles. The molecule has 33 heavy (non-hydrogen) atoms. The van der Waals surface area contributed by atoms with Gasteiger partial charge in [-0.1, -0.05) is 53.3 Å². The average Bonchev–Trinajstić information content (AvgIpc) is 3.38. The summed E-state index contributed by atoms with van der Waals surface area (Å²) in [6, 6.07) is 7.09. The Kier molecular flexibility index (Phi) is 6.85. The molecule has 0 bridgehead atoms. The van der Waals surface area contributed by atoms with Crippen molar-refractivity contribution in [2.45, 2.75) is 18.6 Å². The third kappa shape index (κ3) is 4.81. The van der Waals surface area contributed by atoms with E-state index in [0.29, 0.717) is 37.3 Å². The van der Waals surface area contributed by atoms with E-state index in [-0.39, 0.29) is 12.3 Å². The topological polar surface area (TPSA) is 104 Å². The van der Waals surface area contributed by atoms with Crippen molar-refractivity contribution in [3.63, 3.8) is 0 Å². The fraction of sp³-hybridized carbons (Fsp3) is 0.238. The first-order valence-electron chi connectivity index (χ1n) is 9.81.